The highest BCUT2D eigenvalue weighted by Crippen LogP contribution is 2.42. The lowest BCUT2D eigenvalue weighted by Crippen LogP contribution is -2.64. The zero-order chi connectivity index (χ0) is 15.6. The summed E-state index contributed by atoms with van der Waals surface area (Å²) in [6.45, 7) is 10.7. The predicted octanol–water partition coefficient (Wildman–Crippen LogP) is 2.43. The minimum atomic E-state index is -0.516. The van der Waals surface area contributed by atoms with Crippen molar-refractivity contribution < 1.29 is 9.53 Å². The third kappa shape index (κ3) is 3.78. The number of methoxy groups -OCH3 is 1. The Bertz CT molecular complexity index is 368. The minimum Gasteiger partial charge on any atom is -0.468 e. The third-order valence-corrected chi connectivity index (χ3v) is 5.10. The average molecular weight is 296 g/mol. The normalized spacial score (nSPS) is 30.2. The lowest BCUT2D eigenvalue weighted by Gasteiger charge is -2.43. The first-order chi connectivity index (χ1) is 9.89. The van der Waals surface area contributed by atoms with Crippen molar-refractivity contribution in [3.05, 3.63) is 0 Å². The molecule has 21 heavy (non-hydrogen) atoms. The van der Waals surface area contributed by atoms with E-state index >= 15 is 0 Å². The number of esters is 1. The van der Waals surface area contributed by atoms with Crippen LogP contribution in [0.25, 0.3) is 0 Å². The fraction of sp³-hybridized carbons (Fsp3) is 0.941. The van der Waals surface area contributed by atoms with Gasteiger partial charge < -0.3 is 4.74 Å². The number of nitrogens with one attached hydrogen (secondary N) is 1. The fourth-order valence-corrected chi connectivity index (χ4v) is 3.87. The van der Waals surface area contributed by atoms with Gasteiger partial charge in [-0.15, -0.1) is 0 Å². The molecule has 122 valence electrons. The van der Waals surface area contributed by atoms with Gasteiger partial charge >= 0.3 is 5.97 Å². The highest BCUT2D eigenvalue weighted by molar-refractivity contribution is 5.82. The molecule has 0 amide bonds. The van der Waals surface area contributed by atoms with E-state index in [-0.39, 0.29) is 12.0 Å². The first-order valence-electron chi connectivity index (χ1n) is 8.49. The van der Waals surface area contributed by atoms with Crippen LogP contribution in [0.2, 0.25) is 0 Å². The van der Waals surface area contributed by atoms with Gasteiger partial charge in [-0.3, -0.25) is 10.2 Å². The second-order valence-electron chi connectivity index (χ2n) is 7.49. The van der Waals surface area contributed by atoms with Crippen LogP contribution in [0.15, 0.2) is 0 Å². The summed E-state index contributed by atoms with van der Waals surface area (Å²) < 4.78 is 5.19. The molecule has 0 radical (unpaired) electrons. The molecule has 1 heterocycles. The molecule has 3 unspecified atom stereocenters. The van der Waals surface area contributed by atoms with E-state index in [1.807, 2.05) is 0 Å². The van der Waals surface area contributed by atoms with E-state index in [0.717, 1.165) is 31.8 Å². The van der Waals surface area contributed by atoms with Gasteiger partial charge in [-0.1, -0.05) is 6.92 Å². The van der Waals surface area contributed by atoms with Gasteiger partial charge in [0.15, 0.2) is 0 Å². The first kappa shape index (κ1) is 16.8. The molecule has 0 bridgehead atoms. The van der Waals surface area contributed by atoms with Crippen molar-refractivity contribution in [2.24, 2.45) is 11.8 Å². The van der Waals surface area contributed by atoms with E-state index in [4.69, 9.17) is 4.74 Å². The molecule has 1 N–H and O–H groups in total. The molecule has 0 aromatic heterocycles. The Balaban J connectivity index is 2.16. The largest absolute Gasteiger partial charge is 0.468 e. The van der Waals surface area contributed by atoms with Crippen LogP contribution in [-0.4, -0.2) is 48.7 Å². The van der Waals surface area contributed by atoms with Gasteiger partial charge in [-0.05, 0) is 64.8 Å². The summed E-state index contributed by atoms with van der Waals surface area (Å²) in [6, 6.07) is 0.828. The number of carbonyl (C=O) groups is 1. The van der Waals surface area contributed by atoms with Gasteiger partial charge in [0.1, 0.15) is 5.54 Å². The quantitative estimate of drug-likeness (QED) is 0.764. The van der Waals surface area contributed by atoms with Gasteiger partial charge in [-0.2, -0.15) is 0 Å². The smallest absolute Gasteiger partial charge is 0.327 e. The van der Waals surface area contributed by atoms with E-state index in [0.29, 0.717) is 12.0 Å². The number of ether oxygens (including phenoxy) is 1. The van der Waals surface area contributed by atoms with E-state index in [2.05, 4.69) is 37.9 Å². The van der Waals surface area contributed by atoms with Gasteiger partial charge in [0.2, 0.25) is 0 Å². The topological polar surface area (TPSA) is 41.6 Å². The van der Waals surface area contributed by atoms with Crippen LogP contribution in [0, 0.1) is 11.8 Å². The Labute approximate surface area is 129 Å². The predicted molar refractivity (Wildman–Crippen MR) is 85.2 cm³/mol. The van der Waals surface area contributed by atoms with Crippen LogP contribution in [0.1, 0.15) is 53.4 Å². The van der Waals surface area contributed by atoms with Crippen molar-refractivity contribution in [1.82, 2.24) is 10.2 Å². The van der Waals surface area contributed by atoms with Gasteiger partial charge in [0.25, 0.3) is 0 Å². The molecular formula is C17H32N2O2. The Morgan fingerprint density at radius 3 is 2.48 bits per heavy atom. The van der Waals surface area contributed by atoms with Crippen LogP contribution in [0.4, 0.5) is 0 Å². The highest BCUT2D eigenvalue weighted by atomic mass is 16.5. The summed E-state index contributed by atoms with van der Waals surface area (Å²) in [6.07, 6.45) is 4.72. The number of rotatable bonds is 6. The molecule has 2 aliphatic rings. The SMILES string of the molecule is COC(=O)C(CN1CCC(C)CC1C)(NC(C)C)C1CC1. The molecule has 0 aromatic rings. The number of hydrogen-bond donors (Lipinski definition) is 1. The fourth-order valence-electron chi connectivity index (χ4n) is 3.87. The highest BCUT2D eigenvalue weighted by Gasteiger charge is 2.53. The number of carbonyl (C=O) groups excluding carboxylic acids is 1. The molecule has 1 aliphatic heterocycles. The second kappa shape index (κ2) is 6.66. The lowest BCUT2D eigenvalue weighted by atomic mass is 9.87. The Morgan fingerprint density at radius 2 is 2.00 bits per heavy atom. The van der Waals surface area contributed by atoms with E-state index < -0.39 is 5.54 Å². The molecule has 4 nitrogen and oxygen atoms in total. The summed E-state index contributed by atoms with van der Waals surface area (Å²) >= 11 is 0. The van der Waals surface area contributed by atoms with Gasteiger partial charge in [-0.25, -0.2) is 4.79 Å². The number of likely N-dealkylation sites (tertiary alicyclic amines) is 1. The monoisotopic (exact) mass is 296 g/mol. The minimum absolute atomic E-state index is 0.0791. The molecular weight excluding hydrogens is 264 g/mol. The van der Waals surface area contributed by atoms with E-state index in [1.165, 1.54) is 20.0 Å². The van der Waals surface area contributed by atoms with Gasteiger partial charge in [0.05, 0.1) is 7.11 Å². The molecule has 1 aliphatic carbocycles. The summed E-state index contributed by atoms with van der Waals surface area (Å²) in [5.41, 5.74) is -0.516. The van der Waals surface area contributed by atoms with Crippen molar-refractivity contribution >= 4 is 5.97 Å². The van der Waals surface area contributed by atoms with Crippen LogP contribution >= 0.6 is 0 Å². The molecule has 2 fully saturated rings. The van der Waals surface area contributed by atoms with Crippen molar-refractivity contribution in [2.75, 3.05) is 20.2 Å². The first-order valence-corrected chi connectivity index (χ1v) is 8.49. The molecule has 0 spiro atoms. The summed E-state index contributed by atoms with van der Waals surface area (Å²) in [5, 5.41) is 3.57. The van der Waals surface area contributed by atoms with Crippen molar-refractivity contribution in [3.8, 4) is 0 Å². The standard InChI is InChI=1S/C17H32N2O2/c1-12(2)18-17(15-6-7-15,16(20)21-5)11-19-9-8-13(3)10-14(19)4/h12-15,18H,6-11H2,1-5H3. The zero-order valence-corrected chi connectivity index (χ0v) is 14.3. The number of nitrogens with zero attached hydrogens (tertiary/aromatic N) is 1. The zero-order valence-electron chi connectivity index (χ0n) is 14.3. The van der Waals surface area contributed by atoms with Crippen molar-refractivity contribution in [2.45, 2.75) is 71.0 Å². The van der Waals surface area contributed by atoms with Crippen LogP contribution < -0.4 is 5.32 Å². The van der Waals surface area contributed by atoms with Gasteiger partial charge in [0, 0.05) is 18.6 Å². The molecule has 1 saturated carbocycles. The maximum atomic E-state index is 12.6. The maximum Gasteiger partial charge on any atom is 0.327 e. The van der Waals surface area contributed by atoms with E-state index in [9.17, 15) is 4.79 Å². The molecule has 2 rings (SSSR count). The second-order valence-corrected chi connectivity index (χ2v) is 7.49. The maximum absolute atomic E-state index is 12.6. The number of piperidine rings is 1. The Kier molecular flexibility index (Phi) is 5.31. The van der Waals surface area contributed by atoms with Crippen LogP contribution in [0.5, 0.6) is 0 Å². The lowest BCUT2D eigenvalue weighted by molar-refractivity contribution is -0.151. The molecule has 0 aromatic carbocycles. The van der Waals surface area contributed by atoms with Crippen molar-refractivity contribution in [3.63, 3.8) is 0 Å². The Morgan fingerprint density at radius 1 is 1.33 bits per heavy atom. The average Bonchev–Trinajstić information content (AvgIpc) is 3.24. The molecule has 3 atom stereocenters. The molecule has 4 heteroatoms. The van der Waals surface area contributed by atoms with Crippen LogP contribution in [-0.2, 0) is 9.53 Å². The third-order valence-electron chi connectivity index (χ3n) is 5.10. The number of hydrogen-bond acceptors (Lipinski definition) is 4. The van der Waals surface area contributed by atoms with E-state index in [1.54, 1.807) is 0 Å². The van der Waals surface area contributed by atoms with Crippen LogP contribution in [0.3, 0.4) is 0 Å². The van der Waals surface area contributed by atoms with Crippen molar-refractivity contribution in [1.29, 1.82) is 0 Å². The summed E-state index contributed by atoms with van der Waals surface area (Å²) in [7, 11) is 1.52. The summed E-state index contributed by atoms with van der Waals surface area (Å²) in [4.78, 5) is 15.1. The molecule has 1 saturated heterocycles. The Hall–Kier alpha value is -0.610. The summed E-state index contributed by atoms with van der Waals surface area (Å²) in [5.74, 6) is 1.14.